The summed E-state index contributed by atoms with van der Waals surface area (Å²) in [5.41, 5.74) is 0.334. The minimum absolute atomic E-state index is 0.245. The van der Waals surface area contributed by atoms with Gasteiger partial charge in [-0.05, 0) is 42.3 Å². The lowest BCUT2D eigenvalue weighted by molar-refractivity contribution is 0.0593. The quantitative estimate of drug-likeness (QED) is 0.876. The van der Waals surface area contributed by atoms with Gasteiger partial charge in [0.25, 0.3) is 0 Å². The fraction of sp³-hybridized carbons (Fsp3) is 0.294. The first-order valence-corrected chi connectivity index (χ1v) is 7.49. The summed E-state index contributed by atoms with van der Waals surface area (Å²) in [5.74, 6) is 0.422. The van der Waals surface area contributed by atoms with Crippen LogP contribution in [0.3, 0.4) is 0 Å². The van der Waals surface area contributed by atoms with Crippen LogP contribution in [0.4, 0.5) is 4.39 Å². The third-order valence-electron chi connectivity index (χ3n) is 3.34. The van der Waals surface area contributed by atoms with Gasteiger partial charge in [0.05, 0.1) is 12.7 Å². The van der Waals surface area contributed by atoms with E-state index in [1.165, 1.54) is 6.07 Å². The average molecular weight is 353 g/mol. The van der Waals surface area contributed by atoms with Gasteiger partial charge in [-0.2, -0.15) is 0 Å². The van der Waals surface area contributed by atoms with Crippen LogP contribution in [0.15, 0.2) is 46.9 Å². The number of aliphatic hydroxyl groups is 1. The molecule has 0 heterocycles. The van der Waals surface area contributed by atoms with E-state index >= 15 is 0 Å². The molecule has 0 aliphatic carbocycles. The van der Waals surface area contributed by atoms with Crippen LogP contribution < -0.4 is 4.74 Å². The summed E-state index contributed by atoms with van der Waals surface area (Å²) in [6.45, 7) is 1.71. The highest BCUT2D eigenvalue weighted by Gasteiger charge is 2.24. The lowest BCUT2D eigenvalue weighted by Gasteiger charge is -2.25. The smallest absolute Gasteiger partial charge is 0.126 e. The Hall–Kier alpha value is -1.39. The van der Waals surface area contributed by atoms with Gasteiger partial charge in [-0.15, -0.1) is 0 Å². The first kappa shape index (κ1) is 16.0. The molecule has 0 aliphatic rings. The highest BCUT2D eigenvalue weighted by atomic mass is 79.9. The molecule has 21 heavy (non-hydrogen) atoms. The third kappa shape index (κ3) is 4.29. The predicted octanol–water partition coefficient (Wildman–Crippen LogP) is 4.13. The second-order valence-electron chi connectivity index (χ2n) is 5.40. The topological polar surface area (TPSA) is 29.5 Å². The van der Waals surface area contributed by atoms with Crippen molar-refractivity contribution in [1.29, 1.82) is 0 Å². The van der Waals surface area contributed by atoms with Gasteiger partial charge in [0.1, 0.15) is 11.6 Å². The van der Waals surface area contributed by atoms with E-state index in [0.29, 0.717) is 17.7 Å². The van der Waals surface area contributed by atoms with Gasteiger partial charge >= 0.3 is 0 Å². The van der Waals surface area contributed by atoms with Crippen LogP contribution in [-0.2, 0) is 12.8 Å². The molecule has 1 unspecified atom stereocenters. The summed E-state index contributed by atoms with van der Waals surface area (Å²) in [7, 11) is 1.60. The zero-order chi connectivity index (χ0) is 15.5. The number of methoxy groups -OCH3 is 1. The lowest BCUT2D eigenvalue weighted by Crippen LogP contribution is -2.30. The Kier molecular flexibility index (Phi) is 5.01. The molecule has 2 rings (SSSR count). The third-order valence-corrected chi connectivity index (χ3v) is 3.84. The van der Waals surface area contributed by atoms with E-state index < -0.39 is 5.60 Å². The number of ether oxygens (including phenoxy) is 1. The van der Waals surface area contributed by atoms with E-state index in [0.717, 1.165) is 10.0 Å². The number of hydrogen-bond donors (Lipinski definition) is 1. The van der Waals surface area contributed by atoms with Crippen LogP contribution in [-0.4, -0.2) is 17.8 Å². The van der Waals surface area contributed by atoms with Gasteiger partial charge in [0.15, 0.2) is 0 Å². The Balaban J connectivity index is 2.21. The Labute approximate surface area is 132 Å². The van der Waals surface area contributed by atoms with Crippen molar-refractivity contribution in [2.45, 2.75) is 25.4 Å². The zero-order valence-electron chi connectivity index (χ0n) is 12.1. The molecule has 0 saturated heterocycles. The van der Waals surface area contributed by atoms with Gasteiger partial charge in [-0.1, -0.05) is 34.1 Å². The first-order valence-electron chi connectivity index (χ1n) is 6.69. The van der Waals surface area contributed by atoms with E-state index in [1.807, 2.05) is 18.2 Å². The van der Waals surface area contributed by atoms with Crippen molar-refractivity contribution in [2.24, 2.45) is 0 Å². The van der Waals surface area contributed by atoms with Crippen molar-refractivity contribution in [1.82, 2.24) is 0 Å². The maximum atomic E-state index is 13.7. The molecule has 0 fully saturated rings. The lowest BCUT2D eigenvalue weighted by atomic mass is 9.89. The van der Waals surface area contributed by atoms with Crippen LogP contribution in [0.1, 0.15) is 18.1 Å². The molecule has 0 amide bonds. The fourth-order valence-corrected chi connectivity index (χ4v) is 2.82. The molecular weight excluding hydrogens is 335 g/mol. The van der Waals surface area contributed by atoms with E-state index in [-0.39, 0.29) is 12.2 Å². The standard InChI is InChI=1S/C17H18BrFO2/c1-17(20,10-12-5-3-4-6-15(12)19)11-13-9-14(18)7-8-16(13)21-2/h3-9,20H,10-11H2,1-2H3. The molecular formula is C17H18BrFO2. The highest BCUT2D eigenvalue weighted by molar-refractivity contribution is 9.10. The molecule has 0 radical (unpaired) electrons. The molecule has 1 N–H and O–H groups in total. The fourth-order valence-electron chi connectivity index (χ4n) is 2.41. The molecule has 4 heteroatoms. The van der Waals surface area contributed by atoms with Crippen LogP contribution in [0.25, 0.3) is 0 Å². The van der Waals surface area contributed by atoms with Gasteiger partial charge in [0, 0.05) is 17.3 Å². The van der Waals surface area contributed by atoms with Crippen molar-refractivity contribution < 1.29 is 14.2 Å². The largest absolute Gasteiger partial charge is 0.496 e. The number of halogens is 2. The molecule has 0 aromatic heterocycles. The maximum absolute atomic E-state index is 13.7. The maximum Gasteiger partial charge on any atom is 0.126 e. The van der Waals surface area contributed by atoms with Crippen molar-refractivity contribution in [3.05, 3.63) is 63.9 Å². The summed E-state index contributed by atoms with van der Waals surface area (Å²) in [5, 5.41) is 10.6. The van der Waals surface area contributed by atoms with E-state index in [1.54, 1.807) is 32.2 Å². The molecule has 0 bridgehead atoms. The number of hydrogen-bond acceptors (Lipinski definition) is 2. The Bertz CT molecular complexity index is 626. The Morgan fingerprint density at radius 1 is 1.14 bits per heavy atom. The van der Waals surface area contributed by atoms with Gasteiger partial charge in [-0.3, -0.25) is 0 Å². The van der Waals surface area contributed by atoms with Gasteiger partial charge in [-0.25, -0.2) is 4.39 Å². The molecule has 1 atom stereocenters. The average Bonchev–Trinajstić information content (AvgIpc) is 2.41. The van der Waals surface area contributed by atoms with Crippen molar-refractivity contribution in [2.75, 3.05) is 7.11 Å². The minimum Gasteiger partial charge on any atom is -0.496 e. The number of benzene rings is 2. The van der Waals surface area contributed by atoms with E-state index in [9.17, 15) is 9.50 Å². The zero-order valence-corrected chi connectivity index (χ0v) is 13.7. The summed E-state index contributed by atoms with van der Waals surface area (Å²) < 4.78 is 20.0. The van der Waals surface area contributed by atoms with Gasteiger partial charge < -0.3 is 9.84 Å². The molecule has 0 spiro atoms. The molecule has 0 saturated carbocycles. The second kappa shape index (κ2) is 6.58. The van der Waals surface area contributed by atoms with E-state index in [2.05, 4.69) is 15.9 Å². The second-order valence-corrected chi connectivity index (χ2v) is 6.31. The summed E-state index contributed by atoms with van der Waals surface area (Å²) in [6.07, 6.45) is 0.624. The monoisotopic (exact) mass is 352 g/mol. The Morgan fingerprint density at radius 2 is 1.81 bits per heavy atom. The van der Waals surface area contributed by atoms with Gasteiger partial charge in [0.2, 0.25) is 0 Å². The highest BCUT2D eigenvalue weighted by Crippen LogP contribution is 2.28. The van der Waals surface area contributed by atoms with Crippen molar-refractivity contribution >= 4 is 15.9 Å². The molecule has 0 aliphatic heterocycles. The minimum atomic E-state index is -1.06. The SMILES string of the molecule is COc1ccc(Br)cc1CC(C)(O)Cc1ccccc1F. The van der Waals surface area contributed by atoms with Crippen LogP contribution in [0.2, 0.25) is 0 Å². The Morgan fingerprint density at radius 3 is 2.48 bits per heavy atom. The molecule has 2 nitrogen and oxygen atoms in total. The summed E-state index contributed by atoms with van der Waals surface area (Å²) in [6, 6.07) is 12.2. The molecule has 2 aromatic rings. The predicted molar refractivity (Wildman–Crippen MR) is 85.1 cm³/mol. The van der Waals surface area contributed by atoms with E-state index in [4.69, 9.17) is 4.74 Å². The van der Waals surface area contributed by atoms with Crippen molar-refractivity contribution in [3.8, 4) is 5.75 Å². The molecule has 2 aromatic carbocycles. The number of rotatable bonds is 5. The summed E-state index contributed by atoms with van der Waals surface area (Å²) >= 11 is 3.41. The van der Waals surface area contributed by atoms with Crippen LogP contribution in [0.5, 0.6) is 5.75 Å². The normalized spacial score (nSPS) is 13.8. The van der Waals surface area contributed by atoms with Crippen LogP contribution in [0, 0.1) is 5.82 Å². The summed E-state index contributed by atoms with van der Waals surface area (Å²) in [4.78, 5) is 0. The van der Waals surface area contributed by atoms with Crippen molar-refractivity contribution in [3.63, 3.8) is 0 Å². The van der Waals surface area contributed by atoms with Crippen LogP contribution >= 0.6 is 15.9 Å². The first-order chi connectivity index (χ1) is 9.91. The molecule has 112 valence electrons.